The minimum Gasteiger partial charge on any atom is -0.385 e. The topological polar surface area (TPSA) is 55.1 Å². The molecule has 1 atom stereocenters. The largest absolute Gasteiger partial charge is 0.385 e. The fourth-order valence-electron chi connectivity index (χ4n) is 1.48. The third-order valence-electron chi connectivity index (χ3n) is 2.28. The number of aromatic nitrogens is 2. The molecule has 0 aliphatic carbocycles. The zero-order valence-electron chi connectivity index (χ0n) is 8.87. The predicted molar refractivity (Wildman–Crippen MR) is 59.6 cm³/mol. The Bertz CT molecular complexity index is 489. The van der Waals surface area contributed by atoms with Gasteiger partial charge in [0.25, 0.3) is 0 Å². The number of hydrogen-bond acceptors (Lipinski definition) is 3. The van der Waals surface area contributed by atoms with Gasteiger partial charge in [-0.3, -0.25) is 4.79 Å². The molecular formula is C12H12N2O2. The second-order valence-corrected chi connectivity index (χ2v) is 3.50. The molecule has 2 aromatic rings. The Labute approximate surface area is 93.1 Å². The molecular weight excluding hydrogens is 204 g/mol. The van der Waals surface area contributed by atoms with Gasteiger partial charge in [-0.05, 0) is 25.1 Å². The van der Waals surface area contributed by atoms with Gasteiger partial charge in [-0.25, -0.2) is 4.68 Å². The van der Waals surface area contributed by atoms with Crippen molar-refractivity contribution in [3.05, 3.63) is 48.3 Å². The number of ketones is 1. The van der Waals surface area contributed by atoms with Crippen molar-refractivity contribution in [3.8, 4) is 5.69 Å². The molecule has 0 radical (unpaired) electrons. The maximum absolute atomic E-state index is 11.7. The highest BCUT2D eigenvalue weighted by Gasteiger charge is 2.17. The number of hydrogen-bond donors (Lipinski definition) is 1. The standard InChI is InChI=1S/C12H12N2O2/c1-9(15)12(16)11-7-8-13-14(11)10-5-3-2-4-6-10/h2-9,15H,1H3. The van der Waals surface area contributed by atoms with Crippen molar-refractivity contribution >= 4 is 5.78 Å². The number of benzene rings is 1. The van der Waals surface area contributed by atoms with E-state index in [2.05, 4.69) is 5.10 Å². The van der Waals surface area contributed by atoms with Crippen LogP contribution >= 0.6 is 0 Å². The van der Waals surface area contributed by atoms with E-state index in [-0.39, 0.29) is 5.78 Å². The van der Waals surface area contributed by atoms with Crippen LogP contribution in [0.3, 0.4) is 0 Å². The number of nitrogens with zero attached hydrogens (tertiary/aromatic N) is 2. The molecule has 0 saturated carbocycles. The van der Waals surface area contributed by atoms with Crippen molar-refractivity contribution < 1.29 is 9.90 Å². The molecule has 82 valence electrons. The van der Waals surface area contributed by atoms with E-state index in [1.54, 1.807) is 12.3 Å². The van der Waals surface area contributed by atoms with E-state index >= 15 is 0 Å². The monoisotopic (exact) mass is 216 g/mol. The Morgan fingerprint density at radius 1 is 1.31 bits per heavy atom. The normalized spacial score (nSPS) is 12.4. The number of para-hydroxylation sites is 1. The summed E-state index contributed by atoms with van der Waals surface area (Å²) in [6, 6.07) is 10.9. The minimum atomic E-state index is -1.01. The summed E-state index contributed by atoms with van der Waals surface area (Å²) < 4.78 is 1.52. The molecule has 1 unspecified atom stereocenters. The van der Waals surface area contributed by atoms with E-state index < -0.39 is 6.10 Å². The van der Waals surface area contributed by atoms with Gasteiger partial charge in [-0.15, -0.1) is 0 Å². The molecule has 0 aliphatic heterocycles. The molecule has 0 fully saturated rings. The number of aliphatic hydroxyl groups is 1. The fraction of sp³-hybridized carbons (Fsp3) is 0.167. The lowest BCUT2D eigenvalue weighted by Gasteiger charge is -2.07. The average Bonchev–Trinajstić information content (AvgIpc) is 2.77. The molecule has 4 heteroatoms. The van der Waals surface area contributed by atoms with Crippen LogP contribution < -0.4 is 0 Å². The van der Waals surface area contributed by atoms with Gasteiger partial charge in [0.15, 0.2) is 0 Å². The second-order valence-electron chi connectivity index (χ2n) is 3.50. The summed E-state index contributed by atoms with van der Waals surface area (Å²) in [7, 11) is 0. The van der Waals surface area contributed by atoms with Crippen LogP contribution in [0.25, 0.3) is 5.69 Å². The first-order valence-electron chi connectivity index (χ1n) is 5.02. The van der Waals surface area contributed by atoms with Crippen molar-refractivity contribution in [2.45, 2.75) is 13.0 Å². The average molecular weight is 216 g/mol. The molecule has 0 saturated heterocycles. The Hall–Kier alpha value is -1.94. The van der Waals surface area contributed by atoms with E-state index in [0.29, 0.717) is 5.69 Å². The van der Waals surface area contributed by atoms with Crippen LogP contribution in [0.1, 0.15) is 17.4 Å². The van der Waals surface area contributed by atoms with Crippen LogP contribution in [0, 0.1) is 0 Å². The first-order chi connectivity index (χ1) is 7.70. The lowest BCUT2D eigenvalue weighted by Crippen LogP contribution is -2.19. The zero-order valence-corrected chi connectivity index (χ0v) is 8.87. The summed E-state index contributed by atoms with van der Waals surface area (Å²) in [6.07, 6.45) is 0.530. The first-order valence-corrected chi connectivity index (χ1v) is 5.02. The van der Waals surface area contributed by atoms with Crippen molar-refractivity contribution in [2.24, 2.45) is 0 Å². The minimum absolute atomic E-state index is 0.332. The molecule has 1 aromatic carbocycles. The number of Topliss-reactive ketones (excluding diaryl/α,β-unsaturated/α-hetero) is 1. The molecule has 0 amide bonds. The maximum atomic E-state index is 11.7. The Morgan fingerprint density at radius 2 is 2.00 bits per heavy atom. The van der Waals surface area contributed by atoms with Gasteiger partial charge in [0, 0.05) is 0 Å². The molecule has 1 heterocycles. The SMILES string of the molecule is CC(O)C(=O)c1ccnn1-c1ccccc1. The van der Waals surface area contributed by atoms with Crippen molar-refractivity contribution in [3.63, 3.8) is 0 Å². The molecule has 0 aliphatic rings. The van der Waals surface area contributed by atoms with E-state index in [9.17, 15) is 9.90 Å². The quantitative estimate of drug-likeness (QED) is 0.790. The van der Waals surface area contributed by atoms with Gasteiger partial charge in [-0.2, -0.15) is 5.10 Å². The molecule has 4 nitrogen and oxygen atoms in total. The van der Waals surface area contributed by atoms with Crippen molar-refractivity contribution in [1.82, 2.24) is 9.78 Å². The Balaban J connectivity index is 2.45. The molecule has 1 aromatic heterocycles. The van der Waals surface area contributed by atoms with Crippen LogP contribution in [0.2, 0.25) is 0 Å². The molecule has 1 N–H and O–H groups in total. The molecule has 0 bridgehead atoms. The molecule has 16 heavy (non-hydrogen) atoms. The lowest BCUT2D eigenvalue weighted by molar-refractivity contribution is 0.0771. The third kappa shape index (κ3) is 1.87. The van der Waals surface area contributed by atoms with Gasteiger partial charge in [-0.1, -0.05) is 18.2 Å². The summed E-state index contributed by atoms with van der Waals surface area (Å²) >= 11 is 0. The number of carbonyl (C=O) groups is 1. The third-order valence-corrected chi connectivity index (χ3v) is 2.28. The highest BCUT2D eigenvalue weighted by Crippen LogP contribution is 2.11. The van der Waals surface area contributed by atoms with Crippen molar-refractivity contribution in [1.29, 1.82) is 0 Å². The zero-order chi connectivity index (χ0) is 11.5. The van der Waals surface area contributed by atoms with Crippen LogP contribution in [0.4, 0.5) is 0 Å². The van der Waals surface area contributed by atoms with Gasteiger partial charge in [0.1, 0.15) is 11.8 Å². The van der Waals surface area contributed by atoms with E-state index in [4.69, 9.17) is 0 Å². The Kier molecular flexibility index (Phi) is 2.83. The molecule has 2 rings (SSSR count). The summed E-state index contributed by atoms with van der Waals surface area (Å²) in [4.78, 5) is 11.7. The van der Waals surface area contributed by atoms with Crippen LogP contribution in [0.5, 0.6) is 0 Å². The van der Waals surface area contributed by atoms with Gasteiger partial charge >= 0.3 is 0 Å². The first kappa shape index (κ1) is 10.6. The van der Waals surface area contributed by atoms with Crippen LogP contribution in [-0.2, 0) is 0 Å². The van der Waals surface area contributed by atoms with E-state index in [1.807, 2.05) is 30.3 Å². The van der Waals surface area contributed by atoms with Gasteiger partial charge in [0.05, 0.1) is 11.9 Å². The maximum Gasteiger partial charge on any atom is 0.209 e. The smallest absolute Gasteiger partial charge is 0.209 e. The predicted octanol–water partition coefficient (Wildman–Crippen LogP) is 1.44. The summed E-state index contributed by atoms with van der Waals surface area (Å²) in [6.45, 7) is 1.45. The van der Waals surface area contributed by atoms with E-state index in [0.717, 1.165) is 5.69 Å². The summed E-state index contributed by atoms with van der Waals surface area (Å²) in [5.41, 5.74) is 1.19. The van der Waals surface area contributed by atoms with Crippen LogP contribution in [0.15, 0.2) is 42.6 Å². The van der Waals surface area contributed by atoms with Crippen LogP contribution in [-0.4, -0.2) is 26.8 Å². The lowest BCUT2D eigenvalue weighted by atomic mass is 10.2. The molecule has 0 spiro atoms. The van der Waals surface area contributed by atoms with Gasteiger partial charge in [0.2, 0.25) is 5.78 Å². The highest BCUT2D eigenvalue weighted by atomic mass is 16.3. The van der Waals surface area contributed by atoms with Gasteiger partial charge < -0.3 is 5.11 Å². The van der Waals surface area contributed by atoms with E-state index in [1.165, 1.54) is 11.6 Å². The number of rotatable bonds is 3. The second kappa shape index (κ2) is 4.28. The van der Waals surface area contributed by atoms with Crippen molar-refractivity contribution in [2.75, 3.05) is 0 Å². The number of carbonyl (C=O) groups excluding carboxylic acids is 1. The number of aliphatic hydroxyl groups excluding tert-OH is 1. The fourth-order valence-corrected chi connectivity index (χ4v) is 1.48. The summed E-state index contributed by atoms with van der Waals surface area (Å²) in [5.74, 6) is -0.332. The summed E-state index contributed by atoms with van der Waals surface area (Å²) in [5, 5.41) is 13.3. The Morgan fingerprint density at radius 3 is 2.62 bits per heavy atom. The highest BCUT2D eigenvalue weighted by molar-refractivity contribution is 5.97.